The molecule has 0 aromatic heterocycles. The van der Waals surface area contributed by atoms with Gasteiger partial charge in [-0.2, -0.15) is 5.26 Å². The summed E-state index contributed by atoms with van der Waals surface area (Å²) in [5.41, 5.74) is -0.232. The molecule has 0 spiro atoms. The Bertz CT molecular complexity index is 662. The quantitative estimate of drug-likeness (QED) is 0.756. The van der Waals surface area contributed by atoms with Gasteiger partial charge in [-0.15, -0.1) is 0 Å². The van der Waals surface area contributed by atoms with Crippen molar-refractivity contribution in [2.75, 3.05) is 0 Å². The molecule has 1 nitrogen and oxygen atoms in total. The molecule has 2 rings (SSSR count). The molecule has 0 saturated carbocycles. The van der Waals surface area contributed by atoms with E-state index in [1.54, 1.807) is 6.07 Å². The first-order valence-corrected chi connectivity index (χ1v) is 5.25. The number of hydrogen-bond acceptors (Lipinski definition) is 1. The van der Waals surface area contributed by atoms with Gasteiger partial charge in [-0.3, -0.25) is 0 Å². The van der Waals surface area contributed by atoms with Crippen molar-refractivity contribution in [2.45, 2.75) is 0 Å². The Kier molecular flexibility index (Phi) is 3.26. The molecule has 90 valence electrons. The first kappa shape index (κ1) is 12.5. The van der Waals surface area contributed by atoms with E-state index in [0.717, 1.165) is 18.2 Å². The highest BCUT2D eigenvalue weighted by Gasteiger charge is 2.14. The molecule has 0 amide bonds. The summed E-state index contributed by atoms with van der Waals surface area (Å²) >= 11 is 5.72. The lowest BCUT2D eigenvalue weighted by Crippen LogP contribution is -1.93. The van der Waals surface area contributed by atoms with E-state index >= 15 is 0 Å². The van der Waals surface area contributed by atoms with Crippen molar-refractivity contribution in [1.82, 2.24) is 0 Å². The molecule has 0 aliphatic heterocycles. The van der Waals surface area contributed by atoms with Gasteiger partial charge in [0.05, 0.1) is 11.6 Å². The minimum atomic E-state index is -1.15. The van der Waals surface area contributed by atoms with Crippen molar-refractivity contribution in [3.63, 3.8) is 0 Å². The normalized spacial score (nSPS) is 10.2. The van der Waals surface area contributed by atoms with Crippen LogP contribution in [0.2, 0.25) is 5.02 Å². The molecular formula is C13H5ClF3N. The molecule has 2 aromatic rings. The van der Waals surface area contributed by atoms with Gasteiger partial charge in [0.1, 0.15) is 5.82 Å². The third-order valence-electron chi connectivity index (χ3n) is 2.40. The smallest absolute Gasteiger partial charge is 0.160 e. The van der Waals surface area contributed by atoms with Crippen LogP contribution in [0.3, 0.4) is 0 Å². The van der Waals surface area contributed by atoms with Crippen LogP contribution in [0.1, 0.15) is 5.56 Å². The van der Waals surface area contributed by atoms with Gasteiger partial charge >= 0.3 is 0 Å². The lowest BCUT2D eigenvalue weighted by atomic mass is 9.99. The van der Waals surface area contributed by atoms with Crippen LogP contribution >= 0.6 is 11.6 Å². The van der Waals surface area contributed by atoms with Crippen LogP contribution in [0, 0.1) is 28.8 Å². The van der Waals surface area contributed by atoms with Crippen molar-refractivity contribution in [2.24, 2.45) is 0 Å². The molecule has 0 bridgehead atoms. The van der Waals surface area contributed by atoms with E-state index in [2.05, 4.69) is 0 Å². The van der Waals surface area contributed by atoms with Crippen molar-refractivity contribution >= 4 is 11.6 Å². The van der Waals surface area contributed by atoms with Gasteiger partial charge < -0.3 is 0 Å². The highest BCUT2D eigenvalue weighted by molar-refractivity contribution is 6.30. The zero-order chi connectivity index (χ0) is 13.3. The maximum Gasteiger partial charge on any atom is 0.160 e. The van der Waals surface area contributed by atoms with E-state index in [-0.39, 0.29) is 21.7 Å². The van der Waals surface area contributed by atoms with Crippen LogP contribution in [0.4, 0.5) is 13.2 Å². The minimum absolute atomic E-state index is 0.0311. The van der Waals surface area contributed by atoms with Crippen LogP contribution < -0.4 is 0 Å². The van der Waals surface area contributed by atoms with Crippen LogP contribution in [-0.4, -0.2) is 0 Å². The van der Waals surface area contributed by atoms with E-state index < -0.39 is 17.5 Å². The predicted molar refractivity (Wildman–Crippen MR) is 61.5 cm³/mol. The molecule has 5 heteroatoms. The molecule has 0 fully saturated rings. The standard InChI is InChI=1S/C13H5ClF3N/c14-8-1-2-11(15)10(4-8)9-5-13(17)12(16)3-7(9)6-18/h1-5H. The molecule has 0 atom stereocenters. The van der Waals surface area contributed by atoms with E-state index in [1.807, 2.05) is 0 Å². The number of rotatable bonds is 1. The largest absolute Gasteiger partial charge is 0.206 e. The monoisotopic (exact) mass is 267 g/mol. The van der Waals surface area contributed by atoms with Crippen LogP contribution in [0.5, 0.6) is 0 Å². The first-order chi connectivity index (χ1) is 8.52. The van der Waals surface area contributed by atoms with Gasteiger partial charge in [0.15, 0.2) is 11.6 Å². The number of nitrogens with zero attached hydrogens (tertiary/aromatic N) is 1. The summed E-state index contributed by atoms with van der Waals surface area (Å²) in [6.07, 6.45) is 0. The van der Waals surface area contributed by atoms with Crippen molar-refractivity contribution in [1.29, 1.82) is 5.26 Å². The fraction of sp³-hybridized carbons (Fsp3) is 0. The summed E-state index contributed by atoms with van der Waals surface area (Å²) in [4.78, 5) is 0. The Morgan fingerprint density at radius 1 is 0.889 bits per heavy atom. The number of nitriles is 1. The highest BCUT2D eigenvalue weighted by atomic mass is 35.5. The van der Waals surface area contributed by atoms with Gasteiger partial charge in [-0.1, -0.05) is 11.6 Å². The fourth-order valence-electron chi connectivity index (χ4n) is 1.57. The van der Waals surface area contributed by atoms with Crippen molar-refractivity contribution in [3.8, 4) is 17.2 Å². The summed E-state index contributed by atoms with van der Waals surface area (Å²) in [7, 11) is 0. The minimum Gasteiger partial charge on any atom is -0.206 e. The lowest BCUT2D eigenvalue weighted by Gasteiger charge is -2.07. The number of halogens is 4. The number of hydrogen-bond donors (Lipinski definition) is 0. The van der Waals surface area contributed by atoms with Gasteiger partial charge in [0.25, 0.3) is 0 Å². The van der Waals surface area contributed by atoms with Crippen LogP contribution in [-0.2, 0) is 0 Å². The van der Waals surface area contributed by atoms with Crippen LogP contribution in [0.15, 0.2) is 30.3 Å². The molecule has 18 heavy (non-hydrogen) atoms. The number of benzene rings is 2. The van der Waals surface area contributed by atoms with E-state index in [0.29, 0.717) is 0 Å². The first-order valence-electron chi connectivity index (χ1n) is 4.87. The summed E-state index contributed by atoms with van der Waals surface area (Å²) in [6, 6.07) is 6.88. The molecule has 0 aliphatic rings. The molecule has 0 saturated heterocycles. The van der Waals surface area contributed by atoms with Gasteiger partial charge in [-0.25, -0.2) is 13.2 Å². The lowest BCUT2D eigenvalue weighted by molar-refractivity contribution is 0.508. The highest BCUT2D eigenvalue weighted by Crippen LogP contribution is 2.30. The molecule has 0 N–H and O–H groups in total. The summed E-state index contributed by atoms with van der Waals surface area (Å²) in [5.74, 6) is -2.97. The SMILES string of the molecule is N#Cc1cc(F)c(F)cc1-c1cc(Cl)ccc1F. The van der Waals surface area contributed by atoms with E-state index in [9.17, 15) is 13.2 Å². The topological polar surface area (TPSA) is 23.8 Å². The van der Waals surface area contributed by atoms with Gasteiger partial charge in [-0.05, 0) is 30.3 Å². The predicted octanol–water partition coefficient (Wildman–Crippen LogP) is 4.30. The fourth-order valence-corrected chi connectivity index (χ4v) is 1.74. The molecular weight excluding hydrogens is 263 g/mol. The Balaban J connectivity index is 2.75. The second-order valence-electron chi connectivity index (χ2n) is 3.55. The van der Waals surface area contributed by atoms with Crippen LogP contribution in [0.25, 0.3) is 11.1 Å². The van der Waals surface area contributed by atoms with Gasteiger partial charge in [0.2, 0.25) is 0 Å². The van der Waals surface area contributed by atoms with Crippen molar-refractivity contribution < 1.29 is 13.2 Å². The summed E-state index contributed by atoms with van der Waals surface area (Å²) < 4.78 is 39.8. The Morgan fingerprint density at radius 2 is 1.56 bits per heavy atom. The Labute approximate surface area is 106 Å². The van der Waals surface area contributed by atoms with E-state index in [4.69, 9.17) is 16.9 Å². The van der Waals surface area contributed by atoms with Gasteiger partial charge in [0, 0.05) is 16.1 Å². The Hall–Kier alpha value is -1.99. The van der Waals surface area contributed by atoms with Crippen molar-refractivity contribution in [3.05, 3.63) is 58.4 Å². The summed E-state index contributed by atoms with van der Waals surface area (Å²) in [5, 5.41) is 9.10. The maximum atomic E-state index is 13.6. The average Bonchev–Trinajstić information content (AvgIpc) is 2.35. The third-order valence-corrected chi connectivity index (χ3v) is 2.63. The second-order valence-corrected chi connectivity index (χ2v) is 3.98. The summed E-state index contributed by atoms with van der Waals surface area (Å²) in [6.45, 7) is 0. The molecule has 2 aromatic carbocycles. The zero-order valence-electron chi connectivity index (χ0n) is 8.85. The molecule has 0 unspecified atom stereocenters. The average molecular weight is 268 g/mol. The Morgan fingerprint density at radius 3 is 2.22 bits per heavy atom. The molecule has 0 aliphatic carbocycles. The van der Waals surface area contributed by atoms with E-state index in [1.165, 1.54) is 12.1 Å². The maximum absolute atomic E-state index is 13.6. The molecule has 0 radical (unpaired) electrons. The zero-order valence-corrected chi connectivity index (χ0v) is 9.60. The molecule has 0 heterocycles. The second kappa shape index (κ2) is 4.71. The third kappa shape index (κ3) is 2.18.